The molecule has 0 aromatic heterocycles. The fourth-order valence-electron chi connectivity index (χ4n) is 6.83. The van der Waals surface area contributed by atoms with Gasteiger partial charge in [0.05, 0.1) is 5.56 Å². The zero-order chi connectivity index (χ0) is 31.8. The average Bonchev–Trinajstić information content (AvgIpc) is 3.38. The lowest BCUT2D eigenvalue weighted by molar-refractivity contribution is 0.0224. The predicted octanol–water partition coefficient (Wildman–Crippen LogP) is 10.4. The third kappa shape index (κ3) is 5.00. The number of hydrogen-bond acceptors (Lipinski definition) is 5. The SMILES string of the molecule is CCCCc1ccc(Nc2cc3c(cc2C)Oc2cc(N(CC)c4ccc(CC)cc4)ccc2C32OC(=O)c3ccccc32)cc1. The summed E-state index contributed by atoms with van der Waals surface area (Å²) in [4.78, 5) is 15.7. The number of carbonyl (C=O) groups is 1. The minimum Gasteiger partial charge on any atom is -0.456 e. The maximum Gasteiger partial charge on any atom is 0.340 e. The number of hydrogen-bond donors (Lipinski definition) is 1. The largest absolute Gasteiger partial charge is 0.456 e. The molecule has 7 rings (SSSR count). The Labute approximate surface area is 271 Å². The first-order valence-corrected chi connectivity index (χ1v) is 16.5. The van der Waals surface area contributed by atoms with Crippen LogP contribution >= 0.6 is 0 Å². The second-order valence-corrected chi connectivity index (χ2v) is 12.3. The van der Waals surface area contributed by atoms with E-state index < -0.39 is 5.60 Å². The Morgan fingerprint density at radius 2 is 1.46 bits per heavy atom. The molecule has 0 radical (unpaired) electrons. The summed E-state index contributed by atoms with van der Waals surface area (Å²) in [5, 5.41) is 3.63. The van der Waals surface area contributed by atoms with E-state index >= 15 is 0 Å². The van der Waals surface area contributed by atoms with Crippen molar-refractivity contribution in [2.75, 3.05) is 16.8 Å². The predicted molar refractivity (Wildman–Crippen MR) is 186 cm³/mol. The highest BCUT2D eigenvalue weighted by Gasteiger charge is 2.53. The van der Waals surface area contributed by atoms with Crippen molar-refractivity contribution in [3.8, 4) is 11.5 Å². The van der Waals surface area contributed by atoms with Gasteiger partial charge < -0.3 is 19.7 Å². The van der Waals surface area contributed by atoms with Gasteiger partial charge in [-0.1, -0.05) is 62.7 Å². The maximum atomic E-state index is 13.5. The second-order valence-electron chi connectivity index (χ2n) is 12.3. The van der Waals surface area contributed by atoms with Crippen LogP contribution in [0.5, 0.6) is 11.5 Å². The van der Waals surface area contributed by atoms with E-state index in [2.05, 4.69) is 117 Å². The molecule has 0 saturated heterocycles. The van der Waals surface area contributed by atoms with E-state index in [-0.39, 0.29) is 5.97 Å². The third-order valence-electron chi connectivity index (χ3n) is 9.38. The lowest BCUT2D eigenvalue weighted by Crippen LogP contribution is -2.33. The number of aryl methyl sites for hydroxylation is 3. The van der Waals surface area contributed by atoms with Crippen LogP contribution in [0.15, 0.2) is 103 Å². The van der Waals surface area contributed by atoms with Crippen molar-refractivity contribution >= 4 is 28.7 Å². The van der Waals surface area contributed by atoms with Gasteiger partial charge in [0.2, 0.25) is 0 Å². The van der Waals surface area contributed by atoms with Gasteiger partial charge in [-0.25, -0.2) is 4.79 Å². The summed E-state index contributed by atoms with van der Waals surface area (Å²) in [6, 6.07) is 35.5. The molecular weight excluding hydrogens is 568 g/mol. The van der Waals surface area contributed by atoms with Crippen molar-refractivity contribution in [3.63, 3.8) is 0 Å². The lowest BCUT2D eigenvalue weighted by Gasteiger charge is -2.38. The summed E-state index contributed by atoms with van der Waals surface area (Å²) < 4.78 is 13.2. The maximum absolute atomic E-state index is 13.5. The number of carbonyl (C=O) groups excluding carboxylic acids is 1. The van der Waals surface area contributed by atoms with Crippen LogP contribution in [0.2, 0.25) is 0 Å². The molecule has 5 aromatic rings. The molecule has 2 aliphatic heterocycles. The number of ether oxygens (including phenoxy) is 2. The quantitative estimate of drug-likeness (QED) is 0.169. The number of rotatable bonds is 9. The third-order valence-corrected chi connectivity index (χ3v) is 9.38. The van der Waals surface area contributed by atoms with Gasteiger partial charge in [0.25, 0.3) is 0 Å². The molecule has 1 N–H and O–H groups in total. The fraction of sp³-hybridized carbons (Fsp3) is 0.244. The molecule has 0 saturated carbocycles. The molecule has 5 nitrogen and oxygen atoms in total. The van der Waals surface area contributed by atoms with Crippen molar-refractivity contribution in [3.05, 3.63) is 142 Å². The van der Waals surface area contributed by atoms with Crippen molar-refractivity contribution in [1.29, 1.82) is 0 Å². The van der Waals surface area contributed by atoms with Gasteiger partial charge in [-0.3, -0.25) is 0 Å². The van der Waals surface area contributed by atoms with E-state index in [0.717, 1.165) is 64.4 Å². The molecule has 232 valence electrons. The smallest absolute Gasteiger partial charge is 0.340 e. The van der Waals surface area contributed by atoms with Crippen molar-refractivity contribution in [2.45, 2.75) is 59.0 Å². The molecule has 0 amide bonds. The Hall–Kier alpha value is -5.03. The van der Waals surface area contributed by atoms with Crippen LogP contribution in [0, 0.1) is 6.92 Å². The molecular formula is C41H40N2O3. The molecule has 2 aliphatic rings. The van der Waals surface area contributed by atoms with E-state index in [0.29, 0.717) is 17.1 Å². The van der Waals surface area contributed by atoms with Crippen molar-refractivity contribution in [2.24, 2.45) is 0 Å². The van der Waals surface area contributed by atoms with Gasteiger partial charge in [-0.05, 0) is 104 Å². The molecule has 2 heterocycles. The summed E-state index contributed by atoms with van der Waals surface area (Å²) in [6.07, 6.45) is 4.45. The van der Waals surface area contributed by atoms with Crippen LogP contribution < -0.4 is 15.0 Å². The summed E-state index contributed by atoms with van der Waals surface area (Å²) in [7, 11) is 0. The average molecular weight is 609 g/mol. The number of fused-ring (bicyclic) bond motifs is 6. The highest BCUT2D eigenvalue weighted by molar-refractivity contribution is 5.97. The van der Waals surface area contributed by atoms with E-state index in [4.69, 9.17) is 9.47 Å². The first-order valence-electron chi connectivity index (χ1n) is 16.5. The van der Waals surface area contributed by atoms with Crippen molar-refractivity contribution < 1.29 is 14.3 Å². The summed E-state index contributed by atoms with van der Waals surface area (Å²) >= 11 is 0. The van der Waals surface area contributed by atoms with Gasteiger partial charge >= 0.3 is 5.97 Å². The Balaban J connectivity index is 1.33. The summed E-state index contributed by atoms with van der Waals surface area (Å²) in [5.41, 5.74) is 9.66. The molecule has 5 aromatic carbocycles. The zero-order valence-electron chi connectivity index (χ0n) is 27.0. The Bertz CT molecular complexity index is 1910. The fourth-order valence-corrected chi connectivity index (χ4v) is 6.83. The zero-order valence-corrected chi connectivity index (χ0v) is 27.0. The van der Waals surface area contributed by atoms with Crippen molar-refractivity contribution in [1.82, 2.24) is 0 Å². The van der Waals surface area contributed by atoms with Crippen LogP contribution in [-0.4, -0.2) is 12.5 Å². The molecule has 0 bridgehead atoms. The molecule has 0 fully saturated rings. The van der Waals surface area contributed by atoms with Crippen LogP contribution in [-0.2, 0) is 23.2 Å². The van der Waals surface area contributed by atoms with E-state index in [1.165, 1.54) is 24.0 Å². The molecule has 1 unspecified atom stereocenters. The first kappa shape index (κ1) is 29.7. The highest BCUT2D eigenvalue weighted by atomic mass is 16.6. The highest BCUT2D eigenvalue weighted by Crippen LogP contribution is 2.57. The number of esters is 1. The Morgan fingerprint density at radius 3 is 2.20 bits per heavy atom. The topological polar surface area (TPSA) is 50.8 Å². The molecule has 46 heavy (non-hydrogen) atoms. The Morgan fingerprint density at radius 1 is 0.739 bits per heavy atom. The number of unbranched alkanes of at least 4 members (excludes halogenated alkanes) is 1. The van der Waals surface area contributed by atoms with Gasteiger partial charge in [-0.15, -0.1) is 0 Å². The molecule has 0 aliphatic carbocycles. The van der Waals surface area contributed by atoms with Crippen LogP contribution in [0.1, 0.15) is 77.4 Å². The molecule has 5 heteroatoms. The Kier molecular flexibility index (Phi) is 7.77. The van der Waals surface area contributed by atoms with E-state index in [9.17, 15) is 4.79 Å². The van der Waals surface area contributed by atoms with Crippen LogP contribution in [0.4, 0.5) is 22.7 Å². The van der Waals surface area contributed by atoms with Crippen LogP contribution in [0.3, 0.4) is 0 Å². The molecule has 1 atom stereocenters. The van der Waals surface area contributed by atoms with E-state index in [1.807, 2.05) is 24.3 Å². The van der Waals surface area contributed by atoms with Gasteiger partial charge in [0.1, 0.15) is 11.5 Å². The van der Waals surface area contributed by atoms with Gasteiger partial charge in [0.15, 0.2) is 5.60 Å². The summed E-state index contributed by atoms with van der Waals surface area (Å²) in [5.74, 6) is 1.03. The van der Waals surface area contributed by atoms with Gasteiger partial charge in [0, 0.05) is 52.1 Å². The second kappa shape index (κ2) is 12.1. The summed E-state index contributed by atoms with van der Waals surface area (Å²) in [6.45, 7) is 9.40. The first-order chi connectivity index (χ1) is 22.4. The minimum atomic E-state index is -1.14. The monoisotopic (exact) mass is 608 g/mol. The number of benzene rings is 5. The minimum absolute atomic E-state index is 0.331. The normalized spacial score (nSPS) is 15.9. The lowest BCUT2D eigenvalue weighted by atomic mass is 9.77. The molecule has 1 spiro atoms. The van der Waals surface area contributed by atoms with Gasteiger partial charge in [-0.2, -0.15) is 0 Å². The van der Waals surface area contributed by atoms with E-state index in [1.54, 1.807) is 0 Å². The van der Waals surface area contributed by atoms with Crippen LogP contribution in [0.25, 0.3) is 0 Å². The number of nitrogens with zero attached hydrogens (tertiary/aromatic N) is 1. The number of nitrogens with one attached hydrogen (secondary N) is 1. The standard InChI is InChI=1S/C41H40N2O3/c1-5-8-11-29-14-18-30(19-15-29)42-37-26-36-38(24-27(37)4)45-39-25-32(43(7-3)31-20-16-28(6-2)17-21-31)22-23-35(39)41(36)34-13-10-9-12-33(34)40(44)46-41/h9-10,12-26,42H,5-8,11H2,1-4H3. The number of anilines is 4.